The molecule has 0 aliphatic heterocycles. The van der Waals surface area contributed by atoms with E-state index in [2.05, 4.69) is 4.74 Å². The maximum absolute atomic E-state index is 14.5. The van der Waals surface area contributed by atoms with E-state index in [0.29, 0.717) is 5.56 Å². The third-order valence-electron chi connectivity index (χ3n) is 3.43. The Balaban J connectivity index is 3.46. The van der Waals surface area contributed by atoms with Gasteiger partial charge >= 0.3 is 5.97 Å². The second-order valence-electron chi connectivity index (χ2n) is 5.15. The summed E-state index contributed by atoms with van der Waals surface area (Å²) in [5.74, 6) is -2.01. The smallest absolute Gasteiger partial charge is 0.340 e. The molecule has 0 saturated carbocycles. The van der Waals surface area contributed by atoms with E-state index in [0.717, 1.165) is 32.6 Å². The predicted octanol–water partition coefficient (Wildman–Crippen LogP) is 3.31. The number of methoxy groups -OCH3 is 1. The highest BCUT2D eigenvalue weighted by Crippen LogP contribution is 2.31. The molecule has 1 rings (SSSR count). The summed E-state index contributed by atoms with van der Waals surface area (Å²) < 4.78 is 42.8. The lowest BCUT2D eigenvalue weighted by Gasteiger charge is -2.17. The van der Waals surface area contributed by atoms with Gasteiger partial charge in [-0.05, 0) is 24.0 Å². The third kappa shape index (κ3) is 4.03. The number of esters is 1. The van der Waals surface area contributed by atoms with Gasteiger partial charge in [0.15, 0.2) is 15.7 Å². The van der Waals surface area contributed by atoms with Crippen LogP contribution in [0.5, 0.6) is 0 Å². The van der Waals surface area contributed by atoms with Gasteiger partial charge in [-0.2, -0.15) is 0 Å². The minimum atomic E-state index is -3.78. The van der Waals surface area contributed by atoms with E-state index in [1.165, 1.54) is 12.1 Å². The summed E-state index contributed by atoms with van der Waals surface area (Å²) in [6, 6.07) is 2.79. The molecule has 0 aliphatic carbocycles. The molecule has 0 fully saturated rings. The summed E-state index contributed by atoms with van der Waals surface area (Å²) in [6.07, 6.45) is 3.60. The Labute approximate surface area is 125 Å². The Morgan fingerprint density at radius 1 is 1.38 bits per heavy atom. The molecule has 6 heteroatoms. The molecular formula is C15H21FO4S. The summed E-state index contributed by atoms with van der Waals surface area (Å²) in [6.45, 7) is 3.89. The molecule has 0 aromatic heterocycles. The van der Waals surface area contributed by atoms with Gasteiger partial charge in [0.05, 0.1) is 12.7 Å². The van der Waals surface area contributed by atoms with Gasteiger partial charge in [-0.1, -0.05) is 32.8 Å². The zero-order valence-corrected chi connectivity index (χ0v) is 13.6. The van der Waals surface area contributed by atoms with Crippen molar-refractivity contribution in [2.75, 3.05) is 13.4 Å². The Bertz CT molecular complexity index is 623. The summed E-state index contributed by atoms with van der Waals surface area (Å²) >= 11 is 0. The van der Waals surface area contributed by atoms with E-state index >= 15 is 0 Å². The second-order valence-corrected chi connectivity index (χ2v) is 7.11. The second kappa shape index (κ2) is 7.02. The molecule has 0 N–H and O–H groups in total. The molecule has 1 aromatic carbocycles. The Morgan fingerprint density at radius 2 is 2.00 bits per heavy atom. The highest BCUT2D eigenvalue weighted by Gasteiger charge is 2.27. The van der Waals surface area contributed by atoms with Gasteiger partial charge < -0.3 is 4.74 Å². The SMILES string of the molecule is CCCCC(C)c1ccc(C(=O)OC)c(F)c1S(C)(=O)=O. The van der Waals surface area contributed by atoms with Crippen molar-refractivity contribution in [3.05, 3.63) is 29.1 Å². The van der Waals surface area contributed by atoms with Crippen molar-refractivity contribution in [2.24, 2.45) is 0 Å². The van der Waals surface area contributed by atoms with Crippen LogP contribution in [-0.4, -0.2) is 27.8 Å². The average Bonchev–Trinajstić information content (AvgIpc) is 2.42. The highest BCUT2D eigenvalue weighted by molar-refractivity contribution is 7.90. The van der Waals surface area contributed by atoms with E-state index < -0.39 is 26.5 Å². The maximum Gasteiger partial charge on any atom is 0.340 e. The molecule has 118 valence electrons. The number of carbonyl (C=O) groups excluding carboxylic acids is 1. The lowest BCUT2D eigenvalue weighted by atomic mass is 9.94. The topological polar surface area (TPSA) is 60.4 Å². The monoisotopic (exact) mass is 316 g/mol. The van der Waals surface area contributed by atoms with E-state index in [1.54, 1.807) is 0 Å². The molecule has 0 amide bonds. The minimum Gasteiger partial charge on any atom is -0.465 e. The Kier molecular flexibility index (Phi) is 5.89. The number of unbranched alkanes of at least 4 members (excludes halogenated alkanes) is 1. The van der Waals surface area contributed by atoms with Gasteiger partial charge in [-0.3, -0.25) is 0 Å². The first-order valence-electron chi connectivity index (χ1n) is 6.84. The molecule has 0 radical (unpaired) electrons. The number of benzene rings is 1. The van der Waals surface area contributed by atoms with Crippen LogP contribution in [0.4, 0.5) is 4.39 Å². The van der Waals surface area contributed by atoms with E-state index in [-0.39, 0.29) is 11.5 Å². The third-order valence-corrected chi connectivity index (χ3v) is 4.58. The number of hydrogen-bond acceptors (Lipinski definition) is 4. The van der Waals surface area contributed by atoms with E-state index in [1.807, 2.05) is 13.8 Å². The number of rotatable bonds is 6. The first-order valence-corrected chi connectivity index (χ1v) is 8.73. The maximum atomic E-state index is 14.5. The molecule has 1 aromatic rings. The largest absolute Gasteiger partial charge is 0.465 e. The van der Waals surface area contributed by atoms with Crippen molar-refractivity contribution in [2.45, 2.75) is 43.9 Å². The number of ether oxygens (including phenoxy) is 1. The van der Waals surface area contributed by atoms with Crippen molar-refractivity contribution in [1.29, 1.82) is 0 Å². The van der Waals surface area contributed by atoms with Gasteiger partial charge in [0, 0.05) is 6.26 Å². The average molecular weight is 316 g/mol. The fraction of sp³-hybridized carbons (Fsp3) is 0.533. The van der Waals surface area contributed by atoms with Gasteiger partial charge in [0.1, 0.15) is 4.90 Å². The van der Waals surface area contributed by atoms with Crippen molar-refractivity contribution in [3.63, 3.8) is 0 Å². The van der Waals surface area contributed by atoms with Crippen LogP contribution in [0.2, 0.25) is 0 Å². The Hall–Kier alpha value is -1.43. The predicted molar refractivity (Wildman–Crippen MR) is 78.8 cm³/mol. The van der Waals surface area contributed by atoms with E-state index in [9.17, 15) is 17.6 Å². The van der Waals surface area contributed by atoms with Crippen LogP contribution in [0.1, 0.15) is 54.9 Å². The van der Waals surface area contributed by atoms with Gasteiger partial charge in [-0.15, -0.1) is 0 Å². The Morgan fingerprint density at radius 3 is 2.48 bits per heavy atom. The zero-order valence-electron chi connectivity index (χ0n) is 12.8. The van der Waals surface area contributed by atoms with Crippen molar-refractivity contribution in [3.8, 4) is 0 Å². The summed E-state index contributed by atoms with van der Waals surface area (Å²) in [5, 5.41) is 0. The van der Waals surface area contributed by atoms with Gasteiger partial charge in [0.25, 0.3) is 0 Å². The lowest BCUT2D eigenvalue weighted by Crippen LogP contribution is -2.13. The molecule has 21 heavy (non-hydrogen) atoms. The van der Waals surface area contributed by atoms with E-state index in [4.69, 9.17) is 0 Å². The number of hydrogen-bond donors (Lipinski definition) is 0. The van der Waals surface area contributed by atoms with Gasteiger partial charge in [-0.25, -0.2) is 17.6 Å². The lowest BCUT2D eigenvalue weighted by molar-refractivity contribution is 0.0594. The number of halogens is 1. The van der Waals surface area contributed by atoms with Crippen LogP contribution >= 0.6 is 0 Å². The molecule has 0 saturated heterocycles. The summed E-state index contributed by atoms with van der Waals surface area (Å²) in [7, 11) is -2.66. The molecule has 0 bridgehead atoms. The van der Waals surface area contributed by atoms with Crippen molar-refractivity contribution < 1.29 is 22.3 Å². The number of sulfone groups is 1. The normalized spacial score (nSPS) is 13.0. The molecule has 4 nitrogen and oxygen atoms in total. The molecular weight excluding hydrogens is 295 g/mol. The summed E-state index contributed by atoms with van der Waals surface area (Å²) in [5.41, 5.74) is 0.0560. The standard InChI is InChI=1S/C15H21FO4S/c1-5-6-7-10(2)11-8-9-12(15(17)20-3)13(16)14(11)21(4,18)19/h8-10H,5-7H2,1-4H3. The first-order chi connectivity index (χ1) is 9.73. The van der Waals surface area contributed by atoms with Gasteiger partial charge in [0.2, 0.25) is 0 Å². The van der Waals surface area contributed by atoms with Crippen LogP contribution in [0.15, 0.2) is 17.0 Å². The number of carbonyl (C=O) groups is 1. The van der Waals surface area contributed by atoms with Crippen LogP contribution in [-0.2, 0) is 14.6 Å². The van der Waals surface area contributed by atoms with Crippen LogP contribution in [0.3, 0.4) is 0 Å². The van der Waals surface area contributed by atoms with Crippen molar-refractivity contribution >= 4 is 15.8 Å². The fourth-order valence-corrected chi connectivity index (χ4v) is 3.40. The molecule has 0 heterocycles. The molecule has 1 atom stereocenters. The van der Waals surface area contributed by atoms with Crippen LogP contribution in [0, 0.1) is 5.82 Å². The quantitative estimate of drug-likeness (QED) is 0.755. The zero-order chi connectivity index (χ0) is 16.2. The molecule has 0 aliphatic rings. The first kappa shape index (κ1) is 17.6. The van der Waals surface area contributed by atoms with Crippen LogP contribution in [0.25, 0.3) is 0 Å². The summed E-state index contributed by atoms with van der Waals surface area (Å²) in [4.78, 5) is 11.1. The minimum absolute atomic E-state index is 0.101. The van der Waals surface area contributed by atoms with Crippen LogP contribution < -0.4 is 0 Å². The fourth-order valence-electron chi connectivity index (χ4n) is 2.27. The van der Waals surface area contributed by atoms with Crippen molar-refractivity contribution in [1.82, 2.24) is 0 Å². The molecule has 0 spiro atoms. The molecule has 1 unspecified atom stereocenters. The highest BCUT2D eigenvalue weighted by atomic mass is 32.2.